The molecule has 0 fully saturated rings. The topological polar surface area (TPSA) is 105 Å². The summed E-state index contributed by atoms with van der Waals surface area (Å²) in [6.45, 7) is 4.01. The Bertz CT molecular complexity index is 909. The molecule has 0 saturated carbocycles. The van der Waals surface area contributed by atoms with Crippen molar-refractivity contribution in [2.24, 2.45) is 16.1 Å². The summed E-state index contributed by atoms with van der Waals surface area (Å²) in [7, 11) is 0. The lowest BCUT2D eigenvalue weighted by Crippen LogP contribution is -2.61. The first-order chi connectivity index (χ1) is 12.9. The van der Waals surface area contributed by atoms with Crippen LogP contribution in [0.5, 0.6) is 0 Å². The SMILES string of the molecule is CCC1N=CC1(C)C(N)NC(=O)c1ccccc1-c1ccccc1C(=O)O. The summed E-state index contributed by atoms with van der Waals surface area (Å²) in [6, 6.07) is 13.6. The van der Waals surface area contributed by atoms with Crippen LogP contribution in [0.4, 0.5) is 0 Å². The normalized spacial score (nSPS) is 22.0. The standard InChI is InChI=1S/C21H23N3O3/c1-3-17-21(2,12-23-17)20(22)24-18(25)15-10-6-4-8-13(15)14-9-5-7-11-16(14)19(26)27/h4-12,17,20H,3,22H2,1-2H3,(H,24,25)(H,26,27). The highest BCUT2D eigenvalue weighted by Gasteiger charge is 2.43. The Kier molecular flexibility index (Phi) is 5.10. The molecule has 27 heavy (non-hydrogen) atoms. The van der Waals surface area contributed by atoms with Crippen molar-refractivity contribution >= 4 is 18.1 Å². The van der Waals surface area contributed by atoms with E-state index in [1.165, 1.54) is 6.07 Å². The lowest BCUT2D eigenvalue weighted by molar-refractivity contribution is 0.0697. The Morgan fingerprint density at radius 2 is 1.70 bits per heavy atom. The average Bonchev–Trinajstić information content (AvgIpc) is 2.66. The van der Waals surface area contributed by atoms with E-state index in [-0.39, 0.29) is 17.5 Å². The van der Waals surface area contributed by atoms with Crippen LogP contribution in [0.2, 0.25) is 0 Å². The quantitative estimate of drug-likeness (QED) is 0.685. The second-order valence-corrected chi connectivity index (χ2v) is 6.92. The molecular weight excluding hydrogens is 342 g/mol. The predicted octanol–water partition coefficient (Wildman–Crippen LogP) is 2.94. The van der Waals surface area contributed by atoms with Crippen LogP contribution in [0.3, 0.4) is 0 Å². The summed E-state index contributed by atoms with van der Waals surface area (Å²) in [5, 5.41) is 12.3. The fraction of sp³-hybridized carbons (Fsp3) is 0.286. The van der Waals surface area contributed by atoms with Gasteiger partial charge in [0.2, 0.25) is 0 Å². The van der Waals surface area contributed by atoms with Gasteiger partial charge in [-0.1, -0.05) is 43.3 Å². The molecule has 3 unspecified atom stereocenters. The molecule has 0 saturated heterocycles. The molecular formula is C21H23N3O3. The van der Waals surface area contributed by atoms with Gasteiger partial charge in [0.15, 0.2) is 0 Å². The zero-order valence-corrected chi connectivity index (χ0v) is 15.3. The Morgan fingerprint density at radius 3 is 2.22 bits per heavy atom. The number of aliphatic imine (C=N–C) groups is 1. The molecule has 2 aromatic carbocycles. The van der Waals surface area contributed by atoms with E-state index in [9.17, 15) is 14.7 Å². The fourth-order valence-corrected chi connectivity index (χ4v) is 3.44. The molecule has 140 valence electrons. The van der Waals surface area contributed by atoms with Gasteiger partial charge < -0.3 is 16.2 Å². The second kappa shape index (κ2) is 7.32. The van der Waals surface area contributed by atoms with Crippen molar-refractivity contribution in [3.8, 4) is 11.1 Å². The number of hydrogen-bond donors (Lipinski definition) is 3. The van der Waals surface area contributed by atoms with Gasteiger partial charge in [-0.05, 0) is 36.6 Å². The minimum absolute atomic E-state index is 0.0794. The highest BCUT2D eigenvalue weighted by atomic mass is 16.4. The van der Waals surface area contributed by atoms with Gasteiger partial charge in [0.25, 0.3) is 5.91 Å². The van der Waals surface area contributed by atoms with E-state index in [1.807, 2.05) is 13.8 Å². The highest BCUT2D eigenvalue weighted by molar-refractivity contribution is 6.04. The van der Waals surface area contributed by atoms with Crippen LogP contribution >= 0.6 is 0 Å². The number of carboxylic acid groups (broad SMARTS) is 1. The van der Waals surface area contributed by atoms with E-state index in [0.717, 1.165) is 6.42 Å². The molecule has 0 bridgehead atoms. The van der Waals surface area contributed by atoms with E-state index in [4.69, 9.17) is 5.73 Å². The number of nitrogens with zero attached hydrogens (tertiary/aromatic N) is 1. The third kappa shape index (κ3) is 3.36. The van der Waals surface area contributed by atoms with Crippen molar-refractivity contribution in [2.45, 2.75) is 32.5 Å². The largest absolute Gasteiger partial charge is 0.478 e. The summed E-state index contributed by atoms with van der Waals surface area (Å²) in [6.07, 6.45) is 2.05. The van der Waals surface area contributed by atoms with Crippen molar-refractivity contribution in [2.75, 3.05) is 0 Å². The van der Waals surface area contributed by atoms with Crippen LogP contribution in [0, 0.1) is 5.41 Å². The first-order valence-electron chi connectivity index (χ1n) is 8.91. The molecule has 1 heterocycles. The maximum atomic E-state index is 12.9. The van der Waals surface area contributed by atoms with Gasteiger partial charge in [0.05, 0.1) is 23.2 Å². The first kappa shape index (κ1) is 18.8. The van der Waals surface area contributed by atoms with E-state index in [2.05, 4.69) is 10.3 Å². The first-order valence-corrected chi connectivity index (χ1v) is 8.91. The summed E-state index contributed by atoms with van der Waals surface area (Å²) >= 11 is 0. The second-order valence-electron chi connectivity index (χ2n) is 6.92. The number of hydrogen-bond acceptors (Lipinski definition) is 4. The Hall–Kier alpha value is -2.99. The summed E-state index contributed by atoms with van der Waals surface area (Å²) in [5.74, 6) is -1.38. The molecule has 3 rings (SSSR count). The van der Waals surface area contributed by atoms with Gasteiger partial charge >= 0.3 is 5.97 Å². The van der Waals surface area contributed by atoms with Crippen LogP contribution in [0.15, 0.2) is 53.5 Å². The number of benzene rings is 2. The summed E-state index contributed by atoms with van der Waals surface area (Å²) in [4.78, 5) is 28.8. The number of nitrogens with one attached hydrogen (secondary N) is 1. The fourth-order valence-electron chi connectivity index (χ4n) is 3.44. The van der Waals surface area contributed by atoms with Crippen LogP contribution in [0.1, 0.15) is 41.0 Å². The smallest absolute Gasteiger partial charge is 0.336 e. The van der Waals surface area contributed by atoms with E-state index < -0.39 is 17.6 Å². The minimum Gasteiger partial charge on any atom is -0.478 e. The molecule has 1 aliphatic heterocycles. The molecule has 4 N–H and O–H groups in total. The molecule has 0 radical (unpaired) electrons. The van der Waals surface area contributed by atoms with Gasteiger partial charge in [-0.25, -0.2) is 4.79 Å². The molecule has 3 atom stereocenters. The third-order valence-corrected chi connectivity index (χ3v) is 5.21. The maximum absolute atomic E-state index is 12.9. The number of amides is 1. The van der Waals surface area contributed by atoms with E-state index in [1.54, 1.807) is 48.7 Å². The number of carbonyl (C=O) groups is 2. The highest BCUT2D eigenvalue weighted by Crippen LogP contribution is 2.34. The Balaban J connectivity index is 1.92. The lowest BCUT2D eigenvalue weighted by Gasteiger charge is -2.43. The molecule has 1 aliphatic rings. The van der Waals surface area contributed by atoms with Crippen LogP contribution in [0.25, 0.3) is 11.1 Å². The van der Waals surface area contributed by atoms with Crippen LogP contribution in [-0.4, -0.2) is 35.4 Å². The Morgan fingerprint density at radius 1 is 1.15 bits per heavy atom. The molecule has 0 aromatic heterocycles. The monoisotopic (exact) mass is 365 g/mol. The number of carbonyl (C=O) groups excluding carboxylic acids is 1. The van der Waals surface area contributed by atoms with E-state index in [0.29, 0.717) is 16.7 Å². The molecule has 0 aliphatic carbocycles. The average molecular weight is 365 g/mol. The zero-order valence-electron chi connectivity index (χ0n) is 15.3. The van der Waals surface area contributed by atoms with Crippen molar-refractivity contribution in [1.82, 2.24) is 5.32 Å². The third-order valence-electron chi connectivity index (χ3n) is 5.21. The minimum atomic E-state index is -1.04. The van der Waals surface area contributed by atoms with Gasteiger partial charge in [0, 0.05) is 11.8 Å². The maximum Gasteiger partial charge on any atom is 0.336 e. The number of aromatic carboxylic acids is 1. The molecule has 1 amide bonds. The van der Waals surface area contributed by atoms with Crippen LogP contribution in [-0.2, 0) is 0 Å². The van der Waals surface area contributed by atoms with Crippen molar-refractivity contribution < 1.29 is 14.7 Å². The van der Waals surface area contributed by atoms with Crippen molar-refractivity contribution in [1.29, 1.82) is 0 Å². The Labute approximate surface area is 158 Å². The molecule has 6 nitrogen and oxygen atoms in total. The van der Waals surface area contributed by atoms with Crippen LogP contribution < -0.4 is 11.1 Å². The van der Waals surface area contributed by atoms with Gasteiger partial charge in [-0.2, -0.15) is 0 Å². The van der Waals surface area contributed by atoms with Crippen molar-refractivity contribution in [3.63, 3.8) is 0 Å². The number of carboxylic acids is 1. The molecule has 2 aromatic rings. The lowest BCUT2D eigenvalue weighted by atomic mass is 9.75. The van der Waals surface area contributed by atoms with Gasteiger partial charge in [0.1, 0.15) is 0 Å². The summed E-state index contributed by atoms with van der Waals surface area (Å²) < 4.78 is 0. The predicted molar refractivity (Wildman–Crippen MR) is 105 cm³/mol. The number of nitrogens with two attached hydrogens (primary N) is 1. The molecule has 6 heteroatoms. The molecule has 0 spiro atoms. The van der Waals surface area contributed by atoms with E-state index >= 15 is 0 Å². The van der Waals surface area contributed by atoms with Crippen molar-refractivity contribution in [3.05, 3.63) is 59.7 Å². The van der Waals surface area contributed by atoms with Gasteiger partial charge in [-0.3, -0.25) is 9.79 Å². The number of rotatable bonds is 6. The van der Waals surface area contributed by atoms with Gasteiger partial charge in [-0.15, -0.1) is 0 Å². The summed E-state index contributed by atoms with van der Waals surface area (Å²) in [5.41, 5.74) is 7.45. The zero-order chi connectivity index (χ0) is 19.6.